The molecule has 2 aliphatic rings. The highest BCUT2D eigenvalue weighted by molar-refractivity contribution is 6.36. The maximum atomic E-state index is 13.3. The Kier molecular flexibility index (Phi) is 6.36. The van der Waals surface area contributed by atoms with Crippen molar-refractivity contribution in [1.82, 2.24) is 5.32 Å². The molecule has 1 aliphatic carbocycles. The number of carbonyl (C=O) groups excluding carboxylic acids is 2. The van der Waals surface area contributed by atoms with Crippen LogP contribution in [0.25, 0.3) is 0 Å². The Hall–Kier alpha value is -2.29. The van der Waals surface area contributed by atoms with E-state index >= 15 is 0 Å². The minimum absolute atomic E-state index is 0.0441. The standard InChI is InChI=1S/C20H24ClNO7/c1-11-8-12(22-4-6-28-7-5-23)9-15(24)20(11)19(25)16-13(26-2)10-14(27-3)17(21)18(16)29-20/h9-11,22-23H,4-8H2,1-3H3/t11-,20+/m1/s1. The number of rotatable bonds is 8. The predicted octanol–water partition coefficient (Wildman–Crippen LogP) is 1.76. The van der Waals surface area contributed by atoms with Crippen molar-refractivity contribution in [1.29, 1.82) is 0 Å². The van der Waals surface area contributed by atoms with Crippen molar-refractivity contribution in [2.75, 3.05) is 40.6 Å². The highest BCUT2D eigenvalue weighted by Gasteiger charge is 2.60. The third kappa shape index (κ3) is 3.56. The van der Waals surface area contributed by atoms with Crippen molar-refractivity contribution < 1.29 is 33.6 Å². The van der Waals surface area contributed by atoms with Gasteiger partial charge in [-0.2, -0.15) is 0 Å². The zero-order chi connectivity index (χ0) is 21.2. The molecule has 9 heteroatoms. The number of aliphatic hydroxyl groups excluding tert-OH is 1. The number of nitrogens with one attached hydrogen (secondary N) is 1. The highest BCUT2D eigenvalue weighted by atomic mass is 35.5. The van der Waals surface area contributed by atoms with E-state index in [2.05, 4.69) is 5.32 Å². The van der Waals surface area contributed by atoms with Crippen LogP contribution in [0.5, 0.6) is 17.2 Å². The van der Waals surface area contributed by atoms with Crippen molar-refractivity contribution in [3.63, 3.8) is 0 Å². The number of carbonyl (C=O) groups is 2. The first kappa shape index (κ1) is 21.4. The van der Waals surface area contributed by atoms with Gasteiger partial charge in [-0.3, -0.25) is 9.59 Å². The fraction of sp³-hybridized carbons (Fsp3) is 0.500. The predicted molar refractivity (Wildman–Crippen MR) is 105 cm³/mol. The summed E-state index contributed by atoms with van der Waals surface area (Å²) in [5.41, 5.74) is -0.825. The van der Waals surface area contributed by atoms with E-state index in [1.54, 1.807) is 6.92 Å². The molecule has 0 saturated heterocycles. The van der Waals surface area contributed by atoms with Gasteiger partial charge >= 0.3 is 0 Å². The van der Waals surface area contributed by atoms with Gasteiger partial charge in [-0.1, -0.05) is 18.5 Å². The number of hydrogen-bond acceptors (Lipinski definition) is 8. The van der Waals surface area contributed by atoms with Crippen LogP contribution < -0.4 is 19.5 Å². The first-order valence-corrected chi connectivity index (χ1v) is 9.64. The molecule has 1 aromatic carbocycles. The van der Waals surface area contributed by atoms with Gasteiger partial charge in [0.15, 0.2) is 5.75 Å². The summed E-state index contributed by atoms with van der Waals surface area (Å²) in [6, 6.07) is 1.51. The molecule has 1 heterocycles. The molecule has 0 amide bonds. The van der Waals surface area contributed by atoms with Crippen molar-refractivity contribution >= 4 is 23.2 Å². The van der Waals surface area contributed by atoms with Crippen LogP contribution >= 0.6 is 11.6 Å². The summed E-state index contributed by atoms with van der Waals surface area (Å²) in [6.07, 6.45) is 1.83. The monoisotopic (exact) mass is 425 g/mol. The Morgan fingerprint density at radius 3 is 2.62 bits per heavy atom. The quantitative estimate of drug-likeness (QED) is 0.479. The number of methoxy groups -OCH3 is 2. The lowest BCUT2D eigenvalue weighted by Gasteiger charge is -2.35. The summed E-state index contributed by atoms with van der Waals surface area (Å²) in [5.74, 6) is -0.704. The van der Waals surface area contributed by atoms with Crippen molar-refractivity contribution in [2.45, 2.75) is 18.9 Å². The van der Waals surface area contributed by atoms with Crippen molar-refractivity contribution in [2.24, 2.45) is 5.92 Å². The SMILES string of the molecule is COc1cc(OC)c2c(c1Cl)O[C@@]1(C(=O)C=C(NCCOCCO)C[C@H]1C)C2=O. The van der Waals surface area contributed by atoms with Gasteiger partial charge in [0.2, 0.25) is 17.2 Å². The number of ketones is 2. The largest absolute Gasteiger partial charge is 0.496 e. The molecular formula is C20H24ClNO7. The van der Waals surface area contributed by atoms with Crippen LogP contribution in [-0.2, 0) is 9.53 Å². The lowest BCUT2D eigenvalue weighted by atomic mass is 9.74. The van der Waals surface area contributed by atoms with E-state index in [1.807, 2.05) is 0 Å². The summed E-state index contributed by atoms with van der Waals surface area (Å²) in [7, 11) is 2.87. The summed E-state index contributed by atoms with van der Waals surface area (Å²) in [4.78, 5) is 26.4. The van der Waals surface area contributed by atoms with Crippen LogP contribution in [0.15, 0.2) is 17.8 Å². The van der Waals surface area contributed by atoms with Crippen molar-refractivity contribution in [3.8, 4) is 17.2 Å². The van der Waals surface area contributed by atoms with Crippen LogP contribution in [0.2, 0.25) is 5.02 Å². The number of ether oxygens (including phenoxy) is 4. The van der Waals surface area contributed by atoms with E-state index in [0.717, 1.165) is 0 Å². The first-order valence-electron chi connectivity index (χ1n) is 9.26. The number of hydrogen-bond donors (Lipinski definition) is 2. The Labute approximate surface area is 173 Å². The summed E-state index contributed by atoms with van der Waals surface area (Å²) >= 11 is 6.36. The topological polar surface area (TPSA) is 103 Å². The fourth-order valence-electron chi connectivity index (χ4n) is 3.70. The van der Waals surface area contributed by atoms with Crippen LogP contribution in [0.1, 0.15) is 23.7 Å². The Morgan fingerprint density at radius 1 is 1.28 bits per heavy atom. The van der Waals surface area contributed by atoms with Gasteiger partial charge in [0.1, 0.15) is 22.1 Å². The molecule has 0 aromatic heterocycles. The molecule has 158 valence electrons. The average Bonchev–Trinajstić information content (AvgIpc) is 3.02. The molecule has 3 rings (SSSR count). The summed E-state index contributed by atoms with van der Waals surface area (Å²) in [6.45, 7) is 2.86. The summed E-state index contributed by atoms with van der Waals surface area (Å²) in [5, 5.41) is 12.0. The van der Waals surface area contributed by atoms with Crippen LogP contribution in [0.4, 0.5) is 0 Å². The number of halogens is 1. The molecule has 29 heavy (non-hydrogen) atoms. The van der Waals surface area contributed by atoms with Gasteiger partial charge in [-0.25, -0.2) is 0 Å². The Morgan fingerprint density at radius 2 is 2.00 bits per heavy atom. The number of benzene rings is 1. The molecule has 0 saturated carbocycles. The second-order valence-electron chi connectivity index (χ2n) is 6.87. The fourth-order valence-corrected chi connectivity index (χ4v) is 3.97. The molecule has 1 spiro atoms. The van der Waals surface area contributed by atoms with Crippen LogP contribution in [0.3, 0.4) is 0 Å². The maximum Gasteiger partial charge on any atom is 0.236 e. The lowest BCUT2D eigenvalue weighted by molar-refractivity contribution is -0.129. The Balaban J connectivity index is 1.88. The summed E-state index contributed by atoms with van der Waals surface area (Å²) < 4.78 is 21.7. The molecule has 2 N–H and O–H groups in total. The molecule has 1 aromatic rings. The van der Waals surface area contributed by atoms with E-state index in [9.17, 15) is 9.59 Å². The molecule has 0 unspecified atom stereocenters. The molecule has 1 aliphatic heterocycles. The van der Waals surface area contributed by atoms with Gasteiger partial charge in [0.25, 0.3) is 0 Å². The third-order valence-electron chi connectivity index (χ3n) is 5.14. The number of fused-ring (bicyclic) bond motifs is 1. The zero-order valence-electron chi connectivity index (χ0n) is 16.5. The van der Waals surface area contributed by atoms with Crippen molar-refractivity contribution in [3.05, 3.63) is 28.4 Å². The number of aliphatic hydroxyl groups is 1. The van der Waals surface area contributed by atoms with Gasteiger partial charge in [-0.05, 0) is 6.42 Å². The Bertz CT molecular complexity index is 854. The minimum Gasteiger partial charge on any atom is -0.496 e. The normalized spacial score (nSPS) is 22.9. The molecule has 0 fully saturated rings. The van der Waals surface area contributed by atoms with Gasteiger partial charge in [0, 0.05) is 30.3 Å². The van der Waals surface area contributed by atoms with E-state index in [4.69, 9.17) is 35.7 Å². The zero-order valence-corrected chi connectivity index (χ0v) is 17.3. The van der Waals surface area contributed by atoms with Gasteiger partial charge < -0.3 is 29.4 Å². The van der Waals surface area contributed by atoms with E-state index in [-0.39, 0.29) is 35.3 Å². The first-order chi connectivity index (χ1) is 13.9. The van der Waals surface area contributed by atoms with Crippen LogP contribution in [-0.4, -0.2) is 62.9 Å². The molecule has 8 nitrogen and oxygen atoms in total. The highest BCUT2D eigenvalue weighted by Crippen LogP contribution is 2.52. The molecule has 0 radical (unpaired) electrons. The maximum absolute atomic E-state index is 13.3. The smallest absolute Gasteiger partial charge is 0.236 e. The number of allylic oxidation sites excluding steroid dienone is 1. The minimum atomic E-state index is -1.68. The third-order valence-corrected chi connectivity index (χ3v) is 5.50. The molecule has 2 atom stereocenters. The van der Waals surface area contributed by atoms with E-state index in [0.29, 0.717) is 31.0 Å². The van der Waals surface area contributed by atoms with Gasteiger partial charge in [-0.15, -0.1) is 0 Å². The van der Waals surface area contributed by atoms with E-state index < -0.39 is 23.1 Å². The van der Waals surface area contributed by atoms with E-state index in [1.165, 1.54) is 26.4 Å². The second kappa shape index (κ2) is 8.61. The van der Waals surface area contributed by atoms with Crippen LogP contribution in [0, 0.1) is 5.92 Å². The average molecular weight is 426 g/mol. The second-order valence-corrected chi connectivity index (χ2v) is 7.25. The van der Waals surface area contributed by atoms with Gasteiger partial charge in [0.05, 0.1) is 34.0 Å². The molecule has 0 bridgehead atoms. The lowest BCUT2D eigenvalue weighted by Crippen LogP contribution is -2.55. The number of Topliss-reactive ketones (excluding diaryl/α,β-unsaturated/α-hetero) is 1. The molecular weight excluding hydrogens is 402 g/mol.